The fraction of sp³-hybridized carbons (Fsp3) is 0.500. The lowest BCUT2D eigenvalue weighted by atomic mass is 9.74. The summed E-state index contributed by atoms with van der Waals surface area (Å²) in [7, 11) is 0. The molecule has 0 aliphatic heterocycles. The van der Waals surface area contributed by atoms with Gasteiger partial charge in [0.25, 0.3) is 0 Å². The van der Waals surface area contributed by atoms with E-state index in [2.05, 4.69) is 5.32 Å². The van der Waals surface area contributed by atoms with Crippen LogP contribution >= 0.6 is 12.4 Å². The maximum atomic E-state index is 12.4. The van der Waals surface area contributed by atoms with Gasteiger partial charge in [-0.05, 0) is 37.5 Å². The molecule has 2 atom stereocenters. The molecule has 2 amide bonds. The first-order valence-corrected chi connectivity index (χ1v) is 7.35. The highest BCUT2D eigenvalue weighted by atomic mass is 35.5. The van der Waals surface area contributed by atoms with Crippen LogP contribution in [-0.4, -0.2) is 17.4 Å². The predicted molar refractivity (Wildman–Crippen MR) is 89.8 cm³/mol. The van der Waals surface area contributed by atoms with Gasteiger partial charge in [0.2, 0.25) is 11.8 Å². The molecule has 1 aliphatic carbocycles. The number of nitrogens with one attached hydrogen (secondary N) is 1. The molecule has 5 nitrogen and oxygen atoms in total. The molecule has 0 bridgehead atoms. The summed E-state index contributed by atoms with van der Waals surface area (Å²) in [5, 5.41) is 2.91. The van der Waals surface area contributed by atoms with Gasteiger partial charge in [0, 0.05) is 11.2 Å². The Morgan fingerprint density at radius 3 is 2.45 bits per heavy atom. The second-order valence-electron chi connectivity index (χ2n) is 6.13. The van der Waals surface area contributed by atoms with E-state index in [0.29, 0.717) is 0 Å². The summed E-state index contributed by atoms with van der Waals surface area (Å²) in [6.45, 7) is 1.95. The topological polar surface area (TPSA) is 98.2 Å². The van der Waals surface area contributed by atoms with Gasteiger partial charge in [-0.3, -0.25) is 9.59 Å². The molecule has 1 aliphatic rings. The highest BCUT2D eigenvalue weighted by Crippen LogP contribution is 2.32. The summed E-state index contributed by atoms with van der Waals surface area (Å²) >= 11 is 0. The molecule has 122 valence electrons. The van der Waals surface area contributed by atoms with Crippen molar-refractivity contribution in [3.05, 3.63) is 29.8 Å². The second kappa shape index (κ2) is 7.61. The highest BCUT2D eigenvalue weighted by molar-refractivity contribution is 5.93. The number of carbonyl (C=O) groups excluding carboxylic acids is 2. The molecule has 0 saturated heterocycles. The van der Waals surface area contributed by atoms with Gasteiger partial charge in [-0.25, -0.2) is 0 Å². The monoisotopic (exact) mass is 325 g/mol. The second-order valence-corrected chi connectivity index (χ2v) is 6.13. The predicted octanol–water partition coefficient (Wildman–Crippen LogP) is 1.98. The Labute approximate surface area is 137 Å². The average Bonchev–Trinajstić information content (AvgIpc) is 2.39. The molecule has 0 heterocycles. The molecule has 5 N–H and O–H groups in total. The van der Waals surface area contributed by atoms with Crippen LogP contribution in [0.3, 0.4) is 0 Å². The van der Waals surface area contributed by atoms with Crippen molar-refractivity contribution < 1.29 is 9.59 Å². The van der Waals surface area contributed by atoms with Gasteiger partial charge in [0.15, 0.2) is 0 Å². The summed E-state index contributed by atoms with van der Waals surface area (Å²) in [5.41, 5.74) is 12.5. The first-order valence-electron chi connectivity index (χ1n) is 7.35. The van der Waals surface area contributed by atoms with Crippen molar-refractivity contribution in [1.82, 2.24) is 0 Å². The Bertz CT molecular complexity index is 529. The standard InChI is InChI=1S/C16H23N3O2.ClH/c1-16(18)9-3-2-4-13(16)15(21)19-12-7-5-11(6-8-12)10-14(17)20;/h5-8,13H,2-4,9-10,18H2,1H3,(H2,17,20)(H,19,21);1H. The van der Waals surface area contributed by atoms with Crippen molar-refractivity contribution in [3.63, 3.8) is 0 Å². The Morgan fingerprint density at radius 1 is 1.27 bits per heavy atom. The van der Waals surface area contributed by atoms with Crippen LogP contribution in [0, 0.1) is 5.92 Å². The van der Waals surface area contributed by atoms with Crippen molar-refractivity contribution in [3.8, 4) is 0 Å². The lowest BCUT2D eigenvalue weighted by Gasteiger charge is -2.37. The van der Waals surface area contributed by atoms with E-state index in [1.54, 1.807) is 24.3 Å². The third-order valence-corrected chi connectivity index (χ3v) is 4.17. The zero-order chi connectivity index (χ0) is 15.5. The first-order chi connectivity index (χ1) is 9.88. The van der Waals surface area contributed by atoms with E-state index in [1.807, 2.05) is 6.92 Å². The Kier molecular flexibility index (Phi) is 6.38. The number of nitrogens with two attached hydrogens (primary N) is 2. The van der Waals surface area contributed by atoms with E-state index in [-0.39, 0.29) is 36.6 Å². The Hall–Kier alpha value is -1.59. The maximum Gasteiger partial charge on any atom is 0.229 e. The van der Waals surface area contributed by atoms with Crippen LogP contribution in [0.25, 0.3) is 0 Å². The molecule has 0 spiro atoms. The number of carbonyl (C=O) groups is 2. The summed E-state index contributed by atoms with van der Waals surface area (Å²) in [5.74, 6) is -0.549. The van der Waals surface area contributed by atoms with Crippen molar-refractivity contribution in [2.45, 2.75) is 44.6 Å². The number of hydrogen-bond donors (Lipinski definition) is 3. The Morgan fingerprint density at radius 2 is 1.91 bits per heavy atom. The molecule has 1 fully saturated rings. The zero-order valence-corrected chi connectivity index (χ0v) is 13.6. The minimum absolute atomic E-state index is 0. The SMILES string of the molecule is CC1(N)CCCCC1C(=O)Nc1ccc(CC(N)=O)cc1.Cl. The van der Waals surface area contributed by atoms with Gasteiger partial charge in [0.1, 0.15) is 0 Å². The van der Waals surface area contributed by atoms with Gasteiger partial charge >= 0.3 is 0 Å². The zero-order valence-electron chi connectivity index (χ0n) is 12.8. The Balaban J connectivity index is 0.00000242. The van der Waals surface area contributed by atoms with Crippen molar-refractivity contribution in [2.24, 2.45) is 17.4 Å². The molecule has 1 aromatic carbocycles. The van der Waals surface area contributed by atoms with Gasteiger partial charge in [-0.2, -0.15) is 0 Å². The third-order valence-electron chi connectivity index (χ3n) is 4.17. The maximum absolute atomic E-state index is 12.4. The van der Waals surface area contributed by atoms with E-state index in [9.17, 15) is 9.59 Å². The molecule has 0 radical (unpaired) electrons. The van der Waals surface area contributed by atoms with Crippen molar-refractivity contribution >= 4 is 29.9 Å². The van der Waals surface area contributed by atoms with Crippen molar-refractivity contribution in [2.75, 3.05) is 5.32 Å². The number of rotatable bonds is 4. The summed E-state index contributed by atoms with van der Waals surface area (Å²) in [6.07, 6.45) is 4.04. The van der Waals surface area contributed by atoms with Crippen LogP contribution in [0.15, 0.2) is 24.3 Å². The lowest BCUT2D eigenvalue weighted by molar-refractivity contribution is -0.123. The van der Waals surface area contributed by atoms with E-state index in [1.165, 1.54) is 0 Å². The van der Waals surface area contributed by atoms with Crippen LogP contribution in [0.2, 0.25) is 0 Å². The summed E-state index contributed by atoms with van der Waals surface area (Å²) < 4.78 is 0. The average molecular weight is 326 g/mol. The number of benzene rings is 1. The molecule has 2 rings (SSSR count). The highest BCUT2D eigenvalue weighted by Gasteiger charge is 2.37. The van der Waals surface area contributed by atoms with E-state index in [0.717, 1.165) is 36.9 Å². The molecular formula is C16H24ClN3O2. The summed E-state index contributed by atoms with van der Waals surface area (Å²) in [6, 6.07) is 7.16. The van der Waals surface area contributed by atoms with Gasteiger partial charge in [0.05, 0.1) is 12.3 Å². The lowest BCUT2D eigenvalue weighted by Crippen LogP contribution is -2.51. The van der Waals surface area contributed by atoms with E-state index in [4.69, 9.17) is 11.5 Å². The first kappa shape index (κ1) is 18.5. The number of halogens is 1. The largest absolute Gasteiger partial charge is 0.369 e. The quantitative estimate of drug-likeness (QED) is 0.789. The number of primary amides is 1. The van der Waals surface area contributed by atoms with Crippen LogP contribution in [0.1, 0.15) is 38.2 Å². The molecule has 0 aromatic heterocycles. The molecule has 1 saturated carbocycles. The summed E-state index contributed by atoms with van der Waals surface area (Å²) in [4.78, 5) is 23.2. The van der Waals surface area contributed by atoms with Crippen molar-refractivity contribution in [1.29, 1.82) is 0 Å². The molecular weight excluding hydrogens is 302 g/mol. The van der Waals surface area contributed by atoms with Crippen LogP contribution in [0.5, 0.6) is 0 Å². The number of anilines is 1. The number of amides is 2. The minimum Gasteiger partial charge on any atom is -0.369 e. The fourth-order valence-corrected chi connectivity index (χ4v) is 2.93. The van der Waals surface area contributed by atoms with Gasteiger partial charge in [-0.1, -0.05) is 25.0 Å². The van der Waals surface area contributed by atoms with Gasteiger partial charge in [-0.15, -0.1) is 12.4 Å². The smallest absolute Gasteiger partial charge is 0.229 e. The molecule has 6 heteroatoms. The van der Waals surface area contributed by atoms with E-state index >= 15 is 0 Å². The normalized spacial score (nSPS) is 24.2. The van der Waals surface area contributed by atoms with Crippen LogP contribution < -0.4 is 16.8 Å². The third kappa shape index (κ3) is 4.71. The van der Waals surface area contributed by atoms with Crippen LogP contribution in [0.4, 0.5) is 5.69 Å². The van der Waals surface area contributed by atoms with Gasteiger partial charge < -0.3 is 16.8 Å². The van der Waals surface area contributed by atoms with E-state index < -0.39 is 5.54 Å². The minimum atomic E-state index is -0.436. The molecule has 1 aromatic rings. The van der Waals surface area contributed by atoms with Crippen LogP contribution in [-0.2, 0) is 16.0 Å². The fourth-order valence-electron chi connectivity index (χ4n) is 2.93. The number of hydrogen-bond acceptors (Lipinski definition) is 3. The molecule has 2 unspecified atom stereocenters. The molecule has 22 heavy (non-hydrogen) atoms.